The highest BCUT2D eigenvalue weighted by Crippen LogP contribution is 2.17. The molecular weight excluding hydrogens is 352 g/mol. The molecule has 1 heterocycles. The largest absolute Gasteiger partial charge is 0.434 e. The van der Waals surface area contributed by atoms with Gasteiger partial charge in [-0.15, -0.1) is 0 Å². The fourth-order valence-corrected chi connectivity index (χ4v) is 3.04. The lowest BCUT2D eigenvalue weighted by molar-refractivity contribution is -0.121. The molecule has 3 rings (SSSR count). The van der Waals surface area contributed by atoms with Crippen LogP contribution in [0.1, 0.15) is 49.4 Å². The number of hydrogen-bond donors (Lipinski definition) is 1. The molecule has 0 aliphatic rings. The summed E-state index contributed by atoms with van der Waals surface area (Å²) in [6.07, 6.45) is 2.37. The zero-order valence-electron chi connectivity index (χ0n) is 16.4. The molecule has 1 aromatic heterocycles. The average Bonchev–Trinajstić information content (AvgIpc) is 3.14. The number of ketones is 1. The van der Waals surface area contributed by atoms with E-state index in [1.54, 1.807) is 12.1 Å². The summed E-state index contributed by atoms with van der Waals surface area (Å²) in [6.45, 7) is 4.15. The number of carbonyl (C=O) groups excluding carboxylic acids is 2. The molecule has 0 aliphatic heterocycles. The standard InChI is InChI=1S/C23H26N2O3/c1-16(2)12-15-21(26)24-19(14-13-17-8-4-3-5-9-17)22(27)23-25-18-10-6-7-11-20(18)28-23/h3-11,16,19H,12-15H2,1-2H3,(H,24,26)/t19-/m0/s1. The normalized spacial score (nSPS) is 12.2. The van der Waals surface area contributed by atoms with Crippen molar-refractivity contribution in [2.75, 3.05) is 0 Å². The number of para-hydroxylation sites is 2. The van der Waals surface area contributed by atoms with Crippen molar-refractivity contribution < 1.29 is 14.0 Å². The maximum atomic E-state index is 13.0. The van der Waals surface area contributed by atoms with Gasteiger partial charge in [-0.05, 0) is 42.9 Å². The van der Waals surface area contributed by atoms with Gasteiger partial charge < -0.3 is 9.73 Å². The number of rotatable bonds is 9. The lowest BCUT2D eigenvalue weighted by Crippen LogP contribution is -2.41. The summed E-state index contributed by atoms with van der Waals surface area (Å²) >= 11 is 0. The monoisotopic (exact) mass is 378 g/mol. The molecule has 5 heteroatoms. The fourth-order valence-electron chi connectivity index (χ4n) is 3.04. The van der Waals surface area contributed by atoms with Crippen molar-refractivity contribution in [3.63, 3.8) is 0 Å². The van der Waals surface area contributed by atoms with E-state index in [1.165, 1.54) is 0 Å². The topological polar surface area (TPSA) is 72.2 Å². The third-order valence-electron chi connectivity index (χ3n) is 4.67. The Balaban J connectivity index is 1.75. The second-order valence-corrected chi connectivity index (χ2v) is 7.43. The first kappa shape index (κ1) is 19.8. The first-order chi connectivity index (χ1) is 13.5. The van der Waals surface area contributed by atoms with E-state index in [0.29, 0.717) is 36.3 Å². The van der Waals surface area contributed by atoms with Crippen LogP contribution in [0.2, 0.25) is 0 Å². The highest BCUT2D eigenvalue weighted by molar-refractivity contribution is 6.00. The van der Waals surface area contributed by atoms with Crippen molar-refractivity contribution in [3.8, 4) is 0 Å². The van der Waals surface area contributed by atoms with Crippen molar-refractivity contribution in [1.82, 2.24) is 10.3 Å². The van der Waals surface area contributed by atoms with E-state index in [1.807, 2.05) is 42.5 Å². The Morgan fingerprint density at radius 3 is 2.43 bits per heavy atom. The average molecular weight is 378 g/mol. The number of carbonyl (C=O) groups is 2. The first-order valence-electron chi connectivity index (χ1n) is 9.76. The summed E-state index contributed by atoms with van der Waals surface area (Å²) in [4.78, 5) is 29.7. The minimum atomic E-state index is -0.659. The number of aromatic nitrogens is 1. The fraction of sp³-hybridized carbons (Fsp3) is 0.348. The Hall–Kier alpha value is -2.95. The molecule has 0 aliphatic carbocycles. The molecule has 0 fully saturated rings. The van der Waals surface area contributed by atoms with E-state index in [2.05, 4.69) is 24.1 Å². The van der Waals surface area contributed by atoms with Crippen molar-refractivity contribution >= 4 is 22.8 Å². The van der Waals surface area contributed by atoms with E-state index < -0.39 is 6.04 Å². The zero-order chi connectivity index (χ0) is 19.9. The van der Waals surface area contributed by atoms with Crippen LogP contribution in [0.5, 0.6) is 0 Å². The van der Waals surface area contributed by atoms with Crippen molar-refractivity contribution in [3.05, 3.63) is 66.1 Å². The Morgan fingerprint density at radius 1 is 1.00 bits per heavy atom. The molecule has 0 spiro atoms. The molecule has 0 saturated heterocycles. The van der Waals surface area contributed by atoms with E-state index in [4.69, 9.17) is 4.42 Å². The molecule has 0 saturated carbocycles. The highest BCUT2D eigenvalue weighted by Gasteiger charge is 2.26. The molecule has 1 amide bonds. The second-order valence-electron chi connectivity index (χ2n) is 7.43. The molecule has 28 heavy (non-hydrogen) atoms. The van der Waals surface area contributed by atoms with Crippen molar-refractivity contribution in [2.45, 2.75) is 45.6 Å². The number of aryl methyl sites for hydroxylation is 1. The number of nitrogens with one attached hydrogen (secondary N) is 1. The molecular formula is C23H26N2O3. The van der Waals surface area contributed by atoms with Gasteiger partial charge in [0.1, 0.15) is 5.52 Å². The van der Waals surface area contributed by atoms with Gasteiger partial charge in [0, 0.05) is 6.42 Å². The van der Waals surface area contributed by atoms with E-state index in [-0.39, 0.29) is 17.6 Å². The number of fused-ring (bicyclic) bond motifs is 1. The number of benzene rings is 2. The van der Waals surface area contributed by atoms with E-state index >= 15 is 0 Å². The Morgan fingerprint density at radius 2 is 1.71 bits per heavy atom. The zero-order valence-corrected chi connectivity index (χ0v) is 16.4. The predicted octanol–water partition coefficient (Wildman–Crippen LogP) is 4.56. The lowest BCUT2D eigenvalue weighted by atomic mass is 10.0. The van der Waals surface area contributed by atoms with Crippen LogP contribution in [0.4, 0.5) is 0 Å². The molecule has 5 nitrogen and oxygen atoms in total. The maximum absolute atomic E-state index is 13.0. The van der Waals surface area contributed by atoms with E-state index in [9.17, 15) is 9.59 Å². The van der Waals surface area contributed by atoms with Crippen molar-refractivity contribution in [1.29, 1.82) is 0 Å². The number of nitrogens with zero attached hydrogens (tertiary/aromatic N) is 1. The molecule has 1 N–H and O–H groups in total. The first-order valence-corrected chi connectivity index (χ1v) is 9.76. The Kier molecular flexibility index (Phi) is 6.58. The van der Waals surface area contributed by atoms with Crippen LogP contribution in [-0.4, -0.2) is 22.7 Å². The van der Waals surface area contributed by atoms with Crippen LogP contribution in [0.25, 0.3) is 11.1 Å². The van der Waals surface area contributed by atoms with Gasteiger partial charge in [0.25, 0.3) is 5.89 Å². The summed E-state index contributed by atoms with van der Waals surface area (Å²) < 4.78 is 5.63. The Labute approximate surface area is 165 Å². The summed E-state index contributed by atoms with van der Waals surface area (Å²) in [5.41, 5.74) is 2.33. The smallest absolute Gasteiger partial charge is 0.266 e. The van der Waals surface area contributed by atoms with Crippen LogP contribution in [0.3, 0.4) is 0 Å². The highest BCUT2D eigenvalue weighted by atomic mass is 16.4. The quantitative estimate of drug-likeness (QED) is 0.554. The number of amides is 1. The summed E-state index contributed by atoms with van der Waals surface area (Å²) in [6, 6.07) is 16.5. The van der Waals surface area contributed by atoms with Gasteiger partial charge in [-0.1, -0.05) is 56.3 Å². The van der Waals surface area contributed by atoms with Gasteiger partial charge in [0.15, 0.2) is 5.58 Å². The number of Topliss-reactive ketones (excluding diaryl/α,β-unsaturated/α-hetero) is 1. The van der Waals surface area contributed by atoms with Gasteiger partial charge >= 0.3 is 0 Å². The van der Waals surface area contributed by atoms with Crippen molar-refractivity contribution in [2.24, 2.45) is 5.92 Å². The number of hydrogen-bond acceptors (Lipinski definition) is 4. The molecule has 0 radical (unpaired) electrons. The van der Waals surface area contributed by atoms with Gasteiger partial charge in [-0.25, -0.2) is 4.98 Å². The molecule has 0 unspecified atom stereocenters. The van der Waals surface area contributed by atoms with Crippen LogP contribution in [0, 0.1) is 5.92 Å². The number of oxazole rings is 1. The summed E-state index contributed by atoms with van der Waals surface area (Å²) in [7, 11) is 0. The molecule has 3 aromatic rings. The molecule has 2 aromatic carbocycles. The van der Waals surface area contributed by atoms with Crippen LogP contribution >= 0.6 is 0 Å². The minimum absolute atomic E-state index is 0.0448. The second kappa shape index (κ2) is 9.31. The summed E-state index contributed by atoms with van der Waals surface area (Å²) in [5, 5.41) is 2.90. The predicted molar refractivity (Wildman–Crippen MR) is 109 cm³/mol. The van der Waals surface area contributed by atoms with Gasteiger partial charge in [-0.3, -0.25) is 9.59 Å². The van der Waals surface area contributed by atoms with E-state index in [0.717, 1.165) is 12.0 Å². The maximum Gasteiger partial charge on any atom is 0.266 e. The van der Waals surface area contributed by atoms with Gasteiger partial charge in [0.05, 0.1) is 6.04 Å². The van der Waals surface area contributed by atoms with Gasteiger partial charge in [0.2, 0.25) is 11.7 Å². The Bertz CT molecular complexity index is 898. The van der Waals surface area contributed by atoms with Crippen LogP contribution < -0.4 is 5.32 Å². The van der Waals surface area contributed by atoms with Crippen LogP contribution in [0.15, 0.2) is 59.0 Å². The minimum Gasteiger partial charge on any atom is -0.434 e. The third-order valence-corrected chi connectivity index (χ3v) is 4.67. The third kappa shape index (κ3) is 5.28. The molecule has 1 atom stereocenters. The summed E-state index contributed by atoms with van der Waals surface area (Å²) in [5.74, 6) is 0.0749. The lowest BCUT2D eigenvalue weighted by Gasteiger charge is -2.17. The van der Waals surface area contributed by atoms with Gasteiger partial charge in [-0.2, -0.15) is 0 Å². The molecule has 0 bridgehead atoms. The van der Waals surface area contributed by atoms with Crippen LogP contribution in [-0.2, 0) is 11.2 Å². The molecule has 146 valence electrons. The SMILES string of the molecule is CC(C)CCC(=O)N[C@@H](CCc1ccccc1)C(=O)c1nc2ccccc2o1.